The Morgan fingerprint density at radius 2 is 2.50 bits per heavy atom. The first-order chi connectivity index (χ1) is 5.81. The van der Waals surface area contributed by atoms with Gasteiger partial charge in [-0.05, 0) is 11.4 Å². The highest BCUT2D eigenvalue weighted by atomic mass is 79.9. The second-order valence-electron chi connectivity index (χ2n) is 2.28. The Morgan fingerprint density at radius 1 is 1.67 bits per heavy atom. The summed E-state index contributed by atoms with van der Waals surface area (Å²) < 4.78 is 0.694. The van der Waals surface area contributed by atoms with Crippen molar-refractivity contribution in [2.24, 2.45) is 0 Å². The molecule has 0 aliphatic carbocycles. The number of alkyl halides is 1. The van der Waals surface area contributed by atoms with Crippen LogP contribution in [0.4, 0.5) is 0 Å². The summed E-state index contributed by atoms with van der Waals surface area (Å²) in [5.41, 5.74) is 0.725. The minimum Gasteiger partial charge on any atom is -0.309 e. The number of nitrogens with zero attached hydrogens (tertiary/aromatic N) is 1. The Labute approximate surface area is 80.6 Å². The summed E-state index contributed by atoms with van der Waals surface area (Å²) in [5.74, 6) is 0.672. The first kappa shape index (κ1) is 7.94. The average molecular weight is 245 g/mol. The van der Waals surface area contributed by atoms with Gasteiger partial charge in [0, 0.05) is 0 Å². The molecular weight excluding hydrogens is 240 g/mol. The third kappa shape index (κ3) is 1.19. The fourth-order valence-electron chi connectivity index (χ4n) is 0.985. The van der Waals surface area contributed by atoms with Gasteiger partial charge in [-0.2, -0.15) is 0 Å². The molecule has 3 nitrogen and oxygen atoms in total. The lowest BCUT2D eigenvalue weighted by Gasteiger charge is -1.93. The molecule has 0 unspecified atom stereocenters. The Morgan fingerprint density at radius 3 is 3.25 bits per heavy atom. The lowest BCUT2D eigenvalue weighted by atomic mass is 10.4. The van der Waals surface area contributed by atoms with Crippen molar-refractivity contribution in [1.82, 2.24) is 9.97 Å². The van der Waals surface area contributed by atoms with Gasteiger partial charge >= 0.3 is 0 Å². The molecule has 62 valence electrons. The first-order valence-electron chi connectivity index (χ1n) is 3.33. The molecule has 0 aromatic carbocycles. The number of aromatic amines is 1. The Hall–Kier alpha value is -0.680. The monoisotopic (exact) mass is 244 g/mol. The summed E-state index contributed by atoms with van der Waals surface area (Å²) >= 11 is 4.65. The van der Waals surface area contributed by atoms with E-state index < -0.39 is 0 Å². The number of hydrogen-bond donors (Lipinski definition) is 1. The van der Waals surface area contributed by atoms with E-state index in [2.05, 4.69) is 25.9 Å². The SMILES string of the molecule is O=c1[nH]c(CBr)nc2ccsc12. The molecule has 0 aliphatic heterocycles. The van der Waals surface area contributed by atoms with E-state index in [4.69, 9.17) is 0 Å². The second-order valence-corrected chi connectivity index (χ2v) is 3.76. The zero-order valence-electron chi connectivity index (χ0n) is 6.00. The van der Waals surface area contributed by atoms with Crippen LogP contribution in [0.15, 0.2) is 16.2 Å². The van der Waals surface area contributed by atoms with E-state index in [1.54, 1.807) is 0 Å². The van der Waals surface area contributed by atoms with Crippen LogP contribution in [0.1, 0.15) is 5.82 Å². The van der Waals surface area contributed by atoms with Gasteiger partial charge in [-0.25, -0.2) is 4.98 Å². The van der Waals surface area contributed by atoms with Crippen LogP contribution in [0.3, 0.4) is 0 Å². The normalized spacial score (nSPS) is 10.8. The quantitative estimate of drug-likeness (QED) is 0.779. The third-order valence-electron chi connectivity index (χ3n) is 1.49. The van der Waals surface area contributed by atoms with Gasteiger partial charge in [0.1, 0.15) is 10.5 Å². The average Bonchev–Trinajstić information content (AvgIpc) is 2.52. The Bertz CT molecular complexity index is 462. The highest BCUT2D eigenvalue weighted by Crippen LogP contribution is 2.13. The van der Waals surface area contributed by atoms with Gasteiger partial charge in [-0.15, -0.1) is 11.3 Å². The van der Waals surface area contributed by atoms with E-state index in [1.807, 2.05) is 11.4 Å². The third-order valence-corrected chi connectivity index (χ3v) is 2.92. The van der Waals surface area contributed by atoms with Crippen LogP contribution in [0, 0.1) is 0 Å². The molecule has 2 aromatic heterocycles. The lowest BCUT2D eigenvalue weighted by molar-refractivity contribution is 1.05. The molecule has 2 aromatic rings. The van der Waals surface area contributed by atoms with Gasteiger partial charge in [-0.3, -0.25) is 4.79 Å². The number of rotatable bonds is 1. The summed E-state index contributed by atoms with van der Waals surface area (Å²) in [6.07, 6.45) is 0. The number of hydrogen-bond acceptors (Lipinski definition) is 3. The van der Waals surface area contributed by atoms with Crippen molar-refractivity contribution in [1.29, 1.82) is 0 Å². The zero-order chi connectivity index (χ0) is 8.55. The molecule has 1 N–H and O–H groups in total. The topological polar surface area (TPSA) is 45.8 Å². The molecule has 0 fully saturated rings. The van der Waals surface area contributed by atoms with E-state index in [0.29, 0.717) is 15.9 Å². The number of halogens is 1. The summed E-state index contributed by atoms with van der Waals surface area (Å²) in [6, 6.07) is 1.85. The lowest BCUT2D eigenvalue weighted by Crippen LogP contribution is -2.08. The number of nitrogens with one attached hydrogen (secondary N) is 1. The fraction of sp³-hybridized carbons (Fsp3) is 0.143. The van der Waals surface area contributed by atoms with Gasteiger partial charge in [-0.1, -0.05) is 15.9 Å². The minimum atomic E-state index is -0.0514. The van der Waals surface area contributed by atoms with Crippen molar-refractivity contribution in [2.45, 2.75) is 5.33 Å². The maximum atomic E-state index is 11.3. The molecular formula is C7H5BrN2OS. The van der Waals surface area contributed by atoms with Gasteiger partial charge < -0.3 is 4.98 Å². The Balaban J connectivity index is 2.84. The zero-order valence-corrected chi connectivity index (χ0v) is 8.41. The minimum absolute atomic E-state index is 0.0514. The van der Waals surface area contributed by atoms with Crippen molar-refractivity contribution in [3.8, 4) is 0 Å². The number of aromatic nitrogens is 2. The summed E-state index contributed by atoms with van der Waals surface area (Å²) in [6.45, 7) is 0. The molecule has 0 saturated heterocycles. The van der Waals surface area contributed by atoms with Crippen LogP contribution in [0.5, 0.6) is 0 Å². The summed E-state index contributed by atoms with van der Waals surface area (Å²) in [7, 11) is 0. The van der Waals surface area contributed by atoms with Gasteiger partial charge in [0.15, 0.2) is 0 Å². The van der Waals surface area contributed by atoms with Crippen LogP contribution < -0.4 is 5.56 Å². The molecule has 2 heterocycles. The number of fused-ring (bicyclic) bond motifs is 1. The van der Waals surface area contributed by atoms with Crippen LogP contribution >= 0.6 is 27.3 Å². The molecule has 0 aliphatic rings. The van der Waals surface area contributed by atoms with Crippen molar-refractivity contribution >= 4 is 37.5 Å². The van der Waals surface area contributed by atoms with E-state index in [-0.39, 0.29) is 5.56 Å². The largest absolute Gasteiger partial charge is 0.309 e. The first-order valence-corrected chi connectivity index (χ1v) is 5.34. The van der Waals surface area contributed by atoms with E-state index in [9.17, 15) is 4.79 Å². The van der Waals surface area contributed by atoms with Crippen LogP contribution in [0.2, 0.25) is 0 Å². The molecule has 5 heteroatoms. The molecule has 0 amide bonds. The summed E-state index contributed by atoms with van der Waals surface area (Å²) in [4.78, 5) is 18.2. The van der Waals surface area contributed by atoms with Crippen molar-refractivity contribution < 1.29 is 0 Å². The molecule has 0 saturated carbocycles. The second kappa shape index (κ2) is 2.99. The summed E-state index contributed by atoms with van der Waals surface area (Å²) in [5, 5.41) is 2.44. The predicted octanol–water partition coefficient (Wildman–Crippen LogP) is 1.88. The van der Waals surface area contributed by atoms with E-state index in [1.165, 1.54) is 11.3 Å². The Kier molecular flexibility index (Phi) is 1.98. The molecule has 0 radical (unpaired) electrons. The predicted molar refractivity (Wildman–Crippen MR) is 52.9 cm³/mol. The maximum absolute atomic E-state index is 11.3. The van der Waals surface area contributed by atoms with E-state index in [0.717, 1.165) is 5.52 Å². The fourth-order valence-corrected chi connectivity index (χ4v) is 1.98. The molecule has 2 rings (SSSR count). The highest BCUT2D eigenvalue weighted by molar-refractivity contribution is 9.08. The van der Waals surface area contributed by atoms with Crippen LogP contribution in [-0.2, 0) is 5.33 Å². The van der Waals surface area contributed by atoms with Gasteiger partial charge in [0.25, 0.3) is 5.56 Å². The van der Waals surface area contributed by atoms with Crippen molar-refractivity contribution in [3.63, 3.8) is 0 Å². The van der Waals surface area contributed by atoms with E-state index >= 15 is 0 Å². The van der Waals surface area contributed by atoms with Crippen LogP contribution in [-0.4, -0.2) is 9.97 Å². The van der Waals surface area contributed by atoms with Crippen molar-refractivity contribution in [3.05, 3.63) is 27.6 Å². The molecule has 0 bridgehead atoms. The molecule has 12 heavy (non-hydrogen) atoms. The molecule has 0 atom stereocenters. The van der Waals surface area contributed by atoms with Crippen molar-refractivity contribution in [2.75, 3.05) is 0 Å². The van der Waals surface area contributed by atoms with Crippen LogP contribution in [0.25, 0.3) is 10.2 Å². The standard InChI is InChI=1S/C7H5BrN2OS/c8-3-5-9-4-1-2-12-6(4)7(11)10-5/h1-2H,3H2,(H,9,10,11). The highest BCUT2D eigenvalue weighted by Gasteiger charge is 2.02. The van der Waals surface area contributed by atoms with Gasteiger partial charge in [0.05, 0.1) is 10.8 Å². The maximum Gasteiger partial charge on any atom is 0.268 e. The molecule has 0 spiro atoms. The number of thiophene rings is 1. The smallest absolute Gasteiger partial charge is 0.268 e. The number of H-pyrrole nitrogens is 1. The van der Waals surface area contributed by atoms with Gasteiger partial charge in [0.2, 0.25) is 0 Å².